The Balaban J connectivity index is 0.000000172. The Hall–Kier alpha value is -3.63. The first-order valence-electron chi connectivity index (χ1n) is 36.1. The van der Waals surface area contributed by atoms with Crippen LogP contribution in [0.25, 0.3) is 0 Å². The first-order chi connectivity index (χ1) is 40.5. The highest BCUT2D eigenvalue weighted by molar-refractivity contribution is 5.32. The molecular formula is C83H131N. The molecule has 0 saturated heterocycles. The highest BCUT2D eigenvalue weighted by atomic mass is 14.5. The molecule has 0 aromatic heterocycles. The molecule has 12 saturated carbocycles. The summed E-state index contributed by atoms with van der Waals surface area (Å²) in [6.45, 7) is 28.8. The molecule has 0 amide bonds. The smallest absolute Gasteiger partial charge is 0.0991 e. The van der Waals surface area contributed by atoms with E-state index in [9.17, 15) is 0 Å². The summed E-state index contributed by atoms with van der Waals surface area (Å²) in [4.78, 5) is 0. The minimum absolute atomic E-state index is 0.731. The van der Waals surface area contributed by atoms with Crippen LogP contribution in [-0.4, -0.2) is 0 Å². The van der Waals surface area contributed by atoms with Crippen molar-refractivity contribution in [3.63, 3.8) is 0 Å². The molecule has 0 spiro atoms. The molecular weight excluding hydrogens is 1010 g/mol. The predicted octanol–water partition coefficient (Wildman–Crippen LogP) is 25.7. The summed E-state index contributed by atoms with van der Waals surface area (Å²) in [5.41, 5.74) is 9.94. The zero-order valence-corrected chi connectivity index (χ0v) is 57.2. The van der Waals surface area contributed by atoms with Crippen molar-refractivity contribution >= 4 is 0 Å². The monoisotopic (exact) mass is 1140 g/mol. The van der Waals surface area contributed by atoms with E-state index < -0.39 is 0 Å². The average Bonchev–Trinajstić information content (AvgIpc) is 2.21. The van der Waals surface area contributed by atoms with Gasteiger partial charge in [0.05, 0.1) is 11.6 Å². The van der Waals surface area contributed by atoms with E-state index in [1.54, 1.807) is 70.3 Å². The molecule has 468 valence electrons. The van der Waals surface area contributed by atoms with Crippen molar-refractivity contribution in [1.82, 2.24) is 0 Å². The normalized spacial score (nSPS) is 27.6. The first-order valence-corrected chi connectivity index (χ1v) is 36.1. The average molecular weight is 1140 g/mol. The number of nitriles is 1. The van der Waals surface area contributed by atoms with Gasteiger partial charge in [0.2, 0.25) is 0 Å². The maximum absolute atomic E-state index is 8.41. The fourth-order valence-corrected chi connectivity index (χ4v) is 17.2. The summed E-state index contributed by atoms with van der Waals surface area (Å²) in [7, 11) is 0. The number of benzene rings is 4. The molecule has 16 rings (SSSR count). The van der Waals surface area contributed by atoms with Crippen LogP contribution in [0, 0.1) is 143 Å². The predicted molar refractivity (Wildman–Crippen MR) is 370 cm³/mol. The molecule has 0 aliphatic heterocycles. The summed E-state index contributed by atoms with van der Waals surface area (Å²) in [6, 6.07) is 34.9. The van der Waals surface area contributed by atoms with Crippen molar-refractivity contribution in [3.8, 4) is 6.07 Å². The molecule has 4 aromatic carbocycles. The molecule has 8 bridgehead atoms. The van der Waals surface area contributed by atoms with Crippen molar-refractivity contribution < 1.29 is 0 Å². The maximum atomic E-state index is 8.41. The number of rotatable bonds is 3. The van der Waals surface area contributed by atoms with Crippen LogP contribution >= 0.6 is 0 Å². The highest BCUT2D eigenvalue weighted by Crippen LogP contribution is 2.58. The number of hydrogen-bond acceptors (Lipinski definition) is 1. The van der Waals surface area contributed by atoms with Gasteiger partial charge in [-0.1, -0.05) is 284 Å². The lowest BCUT2D eigenvalue weighted by atomic mass is 9.51. The lowest BCUT2D eigenvalue weighted by molar-refractivity contribution is -0.0376. The van der Waals surface area contributed by atoms with Gasteiger partial charge in [0.25, 0.3) is 0 Å². The lowest BCUT2D eigenvalue weighted by Crippen LogP contribution is -2.44. The standard InChI is InChI=1S/C12H20.C11H18.C8H7N.3C8H10.C8H16.2C7H14.C6H12/c1-2-12-10-4-8-3-9(6-10)7-11(12)5-8;1-7-10-3-8-2-9(5-10)6-11(7)4-8;1-7-3-2-4-8(5-7)6-9;1-7-3-5-8(2)6-4-7;1-7-4-3-5-8(2)6-7;1-7-5-3-4-6-8(7)2;1-2-8-6-4-3-5-7-8;1-7-5-3-2-4-6-7;1-2-7-5-3-4-6-7;1-6-4-2-3-5-6/h8-12H,2-7H2,1H3;7-11H,2-6H2,1H3;2-5H,1H3;3*3-6H,1-2H3;8H,2-7H2,1H3;2*7H,2-6H2,1H3;6H,2-5H2,1H3. The second-order valence-electron chi connectivity index (χ2n) is 29.8. The van der Waals surface area contributed by atoms with Gasteiger partial charge in [0.1, 0.15) is 0 Å². The molecule has 4 aromatic rings. The number of aryl methyl sites for hydroxylation is 7. The molecule has 12 fully saturated rings. The van der Waals surface area contributed by atoms with Crippen molar-refractivity contribution in [1.29, 1.82) is 5.26 Å². The Bertz CT molecular complexity index is 2220. The molecule has 0 N–H and O–H groups in total. The molecule has 84 heavy (non-hydrogen) atoms. The second-order valence-corrected chi connectivity index (χ2v) is 29.8. The van der Waals surface area contributed by atoms with Crippen LogP contribution in [0.1, 0.15) is 285 Å². The zero-order valence-electron chi connectivity index (χ0n) is 57.2. The summed E-state index contributed by atoms with van der Waals surface area (Å²) in [5.74, 6) is 15.7. The van der Waals surface area contributed by atoms with Gasteiger partial charge >= 0.3 is 0 Å². The van der Waals surface area contributed by atoms with Gasteiger partial charge in [-0.25, -0.2) is 0 Å². The van der Waals surface area contributed by atoms with Gasteiger partial charge in [0, 0.05) is 0 Å². The highest BCUT2D eigenvalue weighted by Gasteiger charge is 2.47. The van der Waals surface area contributed by atoms with Gasteiger partial charge < -0.3 is 0 Å². The van der Waals surface area contributed by atoms with Crippen molar-refractivity contribution in [3.05, 3.63) is 142 Å². The fraction of sp³-hybridized carbons (Fsp3) is 0.699. The molecule has 12 aliphatic carbocycles. The molecule has 0 atom stereocenters. The first kappa shape index (κ1) is 71.1. The minimum Gasteiger partial charge on any atom is -0.192 e. The summed E-state index contributed by atoms with van der Waals surface area (Å²) in [5, 5.41) is 8.41. The van der Waals surface area contributed by atoms with E-state index in [1.165, 1.54) is 168 Å². The topological polar surface area (TPSA) is 23.8 Å². The summed E-state index contributed by atoms with van der Waals surface area (Å²) < 4.78 is 0. The van der Waals surface area contributed by atoms with Crippen LogP contribution in [-0.2, 0) is 0 Å². The van der Waals surface area contributed by atoms with E-state index in [1.807, 2.05) is 25.1 Å². The van der Waals surface area contributed by atoms with Crippen LogP contribution in [0.3, 0.4) is 0 Å². The molecule has 0 heterocycles. The van der Waals surface area contributed by atoms with E-state index in [0.717, 1.165) is 94.0 Å². The molecule has 12 aliphatic rings. The van der Waals surface area contributed by atoms with Gasteiger partial charge in [-0.15, -0.1) is 0 Å². The van der Waals surface area contributed by atoms with Crippen LogP contribution in [0.2, 0.25) is 0 Å². The molecule has 0 radical (unpaired) electrons. The Kier molecular flexibility index (Phi) is 33.9. The number of nitrogens with zero attached hydrogens (tertiary/aromatic N) is 1. The van der Waals surface area contributed by atoms with Crippen molar-refractivity contribution in [2.24, 2.45) is 82.9 Å². The Morgan fingerprint density at radius 3 is 0.940 bits per heavy atom. The maximum Gasteiger partial charge on any atom is 0.0991 e. The van der Waals surface area contributed by atoms with Gasteiger partial charge in [-0.05, 0) is 224 Å². The Morgan fingerprint density at radius 2 is 0.679 bits per heavy atom. The SMILES string of the molecule is CC1C2CC3CC(C2)CC1C3.CC1CCCC1.CC1CCCCC1.CCC1C2CC3CC(C2)CC1C3.CCC1CCCC1.CCC1CCCCC1.Cc1ccc(C)cc1.Cc1cccc(C#N)c1.Cc1cccc(C)c1.Cc1ccccc1C. The lowest BCUT2D eigenvalue weighted by Gasteiger charge is -2.54. The second kappa shape index (κ2) is 40.0. The quantitative estimate of drug-likeness (QED) is 0.201. The van der Waals surface area contributed by atoms with Crippen LogP contribution < -0.4 is 0 Å². The Morgan fingerprint density at radius 1 is 0.345 bits per heavy atom. The van der Waals surface area contributed by atoms with Crippen LogP contribution in [0.5, 0.6) is 0 Å². The van der Waals surface area contributed by atoms with Crippen LogP contribution in [0.15, 0.2) is 97.1 Å². The van der Waals surface area contributed by atoms with Gasteiger partial charge in [-0.3, -0.25) is 0 Å². The third-order valence-electron chi connectivity index (χ3n) is 22.4. The third-order valence-corrected chi connectivity index (χ3v) is 22.4. The van der Waals surface area contributed by atoms with E-state index >= 15 is 0 Å². The third kappa shape index (κ3) is 27.2. The zero-order chi connectivity index (χ0) is 60.6. The van der Waals surface area contributed by atoms with Crippen LogP contribution in [0.4, 0.5) is 0 Å². The van der Waals surface area contributed by atoms with Gasteiger partial charge in [-0.2, -0.15) is 5.26 Å². The van der Waals surface area contributed by atoms with E-state index in [2.05, 4.69) is 162 Å². The van der Waals surface area contributed by atoms with Crippen molar-refractivity contribution in [2.75, 3.05) is 0 Å². The van der Waals surface area contributed by atoms with E-state index in [-0.39, 0.29) is 0 Å². The summed E-state index contributed by atoms with van der Waals surface area (Å²) >= 11 is 0. The summed E-state index contributed by atoms with van der Waals surface area (Å²) in [6.07, 6.45) is 47.2. The molecule has 1 heteroatoms. The fourth-order valence-electron chi connectivity index (χ4n) is 17.2. The minimum atomic E-state index is 0.731. The van der Waals surface area contributed by atoms with E-state index in [0.29, 0.717) is 0 Å². The Labute approximate surface area is 522 Å². The van der Waals surface area contributed by atoms with Gasteiger partial charge in [0.15, 0.2) is 0 Å². The largest absolute Gasteiger partial charge is 0.192 e. The molecule has 0 unspecified atom stereocenters. The van der Waals surface area contributed by atoms with Crippen molar-refractivity contribution in [2.45, 2.75) is 289 Å². The van der Waals surface area contributed by atoms with E-state index in [4.69, 9.17) is 5.26 Å². The molecule has 1 nitrogen and oxygen atoms in total. The number of hydrogen-bond donors (Lipinski definition) is 0.